The summed E-state index contributed by atoms with van der Waals surface area (Å²) in [4.78, 5) is 41.1. The smallest absolute Gasteiger partial charge is 0.244 e. The van der Waals surface area contributed by atoms with Gasteiger partial charge in [-0.1, -0.05) is 36.4 Å². The standard InChI is InChI=1S/C23H30N6O4/c1-3-14-9-10-15-19(18(14)21(31)24-2)23(33)28(11-6-12-30)20(15)22(32)25-13-29-17-8-5-4-7-16(17)26-27-29/h4-5,7-10,14-15,18-20,30H,3,6,11-13H2,1-2H3,(H,24,31)(H,25,32)/t14-,15+,18-,19+,20+/m1/s1. The molecule has 4 rings (SSSR count). The molecule has 1 aromatic carbocycles. The van der Waals surface area contributed by atoms with E-state index in [2.05, 4.69) is 20.9 Å². The average molecular weight is 455 g/mol. The summed E-state index contributed by atoms with van der Waals surface area (Å²) in [5, 5.41) is 23.1. The van der Waals surface area contributed by atoms with E-state index in [4.69, 9.17) is 0 Å². The number of nitrogens with zero attached hydrogens (tertiary/aromatic N) is 4. The van der Waals surface area contributed by atoms with Gasteiger partial charge in [-0.05, 0) is 30.9 Å². The first-order valence-corrected chi connectivity index (χ1v) is 11.4. The van der Waals surface area contributed by atoms with Gasteiger partial charge in [0.15, 0.2) is 0 Å². The molecule has 0 bridgehead atoms. The van der Waals surface area contributed by atoms with E-state index in [0.717, 1.165) is 17.5 Å². The first kappa shape index (κ1) is 22.9. The van der Waals surface area contributed by atoms with Crippen LogP contribution in [0.5, 0.6) is 0 Å². The Morgan fingerprint density at radius 3 is 2.70 bits per heavy atom. The van der Waals surface area contributed by atoms with Gasteiger partial charge in [-0.2, -0.15) is 0 Å². The van der Waals surface area contributed by atoms with Crippen LogP contribution in [0.2, 0.25) is 0 Å². The number of hydrogen-bond acceptors (Lipinski definition) is 6. The van der Waals surface area contributed by atoms with Gasteiger partial charge in [-0.3, -0.25) is 14.4 Å². The molecule has 10 nitrogen and oxygen atoms in total. The number of carbonyl (C=O) groups excluding carboxylic acids is 3. The highest BCUT2D eigenvalue weighted by Gasteiger charge is 2.56. The first-order chi connectivity index (χ1) is 16.0. The van der Waals surface area contributed by atoms with Crippen LogP contribution in [-0.2, 0) is 21.1 Å². The Bertz CT molecular complexity index is 1070. The molecule has 1 fully saturated rings. The van der Waals surface area contributed by atoms with Crippen LogP contribution in [-0.4, -0.2) is 69.0 Å². The van der Waals surface area contributed by atoms with Gasteiger partial charge in [-0.15, -0.1) is 5.10 Å². The summed E-state index contributed by atoms with van der Waals surface area (Å²) in [6.07, 6.45) is 4.96. The van der Waals surface area contributed by atoms with Gasteiger partial charge in [0.2, 0.25) is 17.7 Å². The van der Waals surface area contributed by atoms with Crippen molar-refractivity contribution in [3.8, 4) is 0 Å². The van der Waals surface area contributed by atoms with Gasteiger partial charge >= 0.3 is 0 Å². The number of aromatic nitrogens is 3. The number of likely N-dealkylation sites (tertiary alicyclic amines) is 1. The summed E-state index contributed by atoms with van der Waals surface area (Å²) in [6, 6.07) is 6.69. The fraction of sp³-hybridized carbons (Fsp3) is 0.522. The minimum atomic E-state index is -0.759. The molecule has 1 aliphatic carbocycles. The molecular weight excluding hydrogens is 424 g/mol. The van der Waals surface area contributed by atoms with Crippen LogP contribution in [0, 0.1) is 23.7 Å². The topological polar surface area (TPSA) is 129 Å². The van der Waals surface area contributed by atoms with E-state index < -0.39 is 23.8 Å². The maximum Gasteiger partial charge on any atom is 0.244 e. The number of para-hydroxylation sites is 1. The fourth-order valence-electron chi connectivity index (χ4n) is 5.18. The molecule has 3 N–H and O–H groups in total. The molecule has 3 amide bonds. The van der Waals surface area contributed by atoms with Crippen LogP contribution in [0.4, 0.5) is 0 Å². The van der Waals surface area contributed by atoms with Crippen molar-refractivity contribution >= 4 is 28.8 Å². The van der Waals surface area contributed by atoms with Gasteiger partial charge in [0.1, 0.15) is 18.2 Å². The van der Waals surface area contributed by atoms with Crippen LogP contribution in [0.25, 0.3) is 11.0 Å². The normalized spacial score (nSPS) is 26.5. The van der Waals surface area contributed by atoms with E-state index >= 15 is 0 Å². The lowest BCUT2D eigenvalue weighted by Gasteiger charge is -2.33. The molecule has 2 heterocycles. The van der Waals surface area contributed by atoms with Gasteiger partial charge in [0.25, 0.3) is 0 Å². The van der Waals surface area contributed by atoms with E-state index in [-0.39, 0.29) is 43.5 Å². The molecular formula is C23H30N6O4. The Morgan fingerprint density at radius 2 is 1.97 bits per heavy atom. The van der Waals surface area contributed by atoms with Crippen LogP contribution in [0.3, 0.4) is 0 Å². The number of carbonyl (C=O) groups is 3. The lowest BCUT2D eigenvalue weighted by Crippen LogP contribution is -2.48. The van der Waals surface area contributed by atoms with Gasteiger partial charge < -0.3 is 20.6 Å². The summed E-state index contributed by atoms with van der Waals surface area (Å²) in [5.41, 5.74) is 1.51. The zero-order chi connectivity index (χ0) is 23.5. The summed E-state index contributed by atoms with van der Waals surface area (Å²) in [5.74, 6) is -2.35. The van der Waals surface area contributed by atoms with Crippen LogP contribution in [0.1, 0.15) is 19.8 Å². The summed E-state index contributed by atoms with van der Waals surface area (Å²) >= 11 is 0. The molecule has 1 aromatic heterocycles. The number of hydrogen-bond donors (Lipinski definition) is 3. The predicted molar refractivity (Wildman–Crippen MR) is 120 cm³/mol. The third-order valence-corrected chi connectivity index (χ3v) is 6.78. The summed E-state index contributed by atoms with van der Waals surface area (Å²) in [7, 11) is 1.57. The van der Waals surface area contributed by atoms with Crippen molar-refractivity contribution in [3.63, 3.8) is 0 Å². The zero-order valence-corrected chi connectivity index (χ0v) is 18.8. The number of nitrogens with one attached hydrogen (secondary N) is 2. The number of aliphatic hydroxyl groups is 1. The molecule has 10 heteroatoms. The van der Waals surface area contributed by atoms with E-state index in [0.29, 0.717) is 6.42 Å². The largest absolute Gasteiger partial charge is 0.396 e. The molecule has 2 aliphatic rings. The predicted octanol–water partition coefficient (Wildman–Crippen LogP) is 0.289. The molecule has 2 aromatic rings. The lowest BCUT2D eigenvalue weighted by atomic mass is 9.69. The third kappa shape index (κ3) is 4.10. The lowest BCUT2D eigenvalue weighted by molar-refractivity contribution is -0.141. The van der Waals surface area contributed by atoms with Gasteiger partial charge in [0, 0.05) is 26.1 Å². The minimum absolute atomic E-state index is 0.0711. The number of allylic oxidation sites excluding steroid dienone is 1. The molecule has 0 spiro atoms. The second-order valence-corrected chi connectivity index (χ2v) is 8.53. The van der Waals surface area contributed by atoms with Gasteiger partial charge in [0.05, 0.1) is 17.4 Å². The SMILES string of the molecule is CC[C@@H]1C=C[C@H]2[C@H](C(=O)N(CCCO)[C@@H]2C(=O)NCn2nnc3ccccc32)[C@@H]1C(=O)NC. The van der Waals surface area contributed by atoms with Crippen molar-refractivity contribution in [2.75, 3.05) is 20.2 Å². The number of benzene rings is 1. The highest BCUT2D eigenvalue weighted by Crippen LogP contribution is 2.44. The summed E-state index contributed by atoms with van der Waals surface area (Å²) in [6.45, 7) is 2.25. The second-order valence-electron chi connectivity index (χ2n) is 8.53. The van der Waals surface area contributed by atoms with Crippen LogP contribution >= 0.6 is 0 Å². The molecule has 1 aliphatic heterocycles. The Labute approximate surface area is 192 Å². The number of fused-ring (bicyclic) bond motifs is 2. The molecule has 0 radical (unpaired) electrons. The molecule has 1 saturated heterocycles. The molecule has 0 unspecified atom stereocenters. The molecule has 176 valence electrons. The first-order valence-electron chi connectivity index (χ1n) is 11.4. The highest BCUT2D eigenvalue weighted by atomic mass is 16.3. The number of aliphatic hydroxyl groups excluding tert-OH is 1. The number of amides is 3. The fourth-order valence-corrected chi connectivity index (χ4v) is 5.18. The van der Waals surface area contributed by atoms with Crippen molar-refractivity contribution < 1.29 is 19.5 Å². The second kappa shape index (κ2) is 9.70. The monoisotopic (exact) mass is 454 g/mol. The van der Waals surface area contributed by atoms with Crippen molar-refractivity contribution in [1.82, 2.24) is 30.5 Å². The molecule has 5 atom stereocenters. The Morgan fingerprint density at radius 1 is 1.18 bits per heavy atom. The number of rotatable bonds is 8. The van der Waals surface area contributed by atoms with Crippen molar-refractivity contribution in [1.29, 1.82) is 0 Å². The van der Waals surface area contributed by atoms with E-state index in [1.165, 1.54) is 4.90 Å². The molecule has 33 heavy (non-hydrogen) atoms. The van der Waals surface area contributed by atoms with Crippen LogP contribution < -0.4 is 10.6 Å². The third-order valence-electron chi connectivity index (χ3n) is 6.78. The quantitative estimate of drug-likeness (QED) is 0.492. The Balaban J connectivity index is 1.60. The van der Waals surface area contributed by atoms with Crippen molar-refractivity contribution in [2.45, 2.75) is 32.5 Å². The Hall–Kier alpha value is -3.27. The minimum Gasteiger partial charge on any atom is -0.396 e. The van der Waals surface area contributed by atoms with Crippen molar-refractivity contribution in [2.24, 2.45) is 23.7 Å². The van der Waals surface area contributed by atoms with E-state index in [9.17, 15) is 19.5 Å². The van der Waals surface area contributed by atoms with Crippen molar-refractivity contribution in [3.05, 3.63) is 36.4 Å². The van der Waals surface area contributed by atoms with E-state index in [1.807, 2.05) is 43.3 Å². The maximum absolute atomic E-state index is 13.5. The summed E-state index contributed by atoms with van der Waals surface area (Å²) < 4.78 is 1.59. The Kier molecular flexibility index (Phi) is 6.73. The van der Waals surface area contributed by atoms with E-state index in [1.54, 1.807) is 11.7 Å². The maximum atomic E-state index is 13.5. The average Bonchev–Trinajstić information content (AvgIpc) is 3.38. The zero-order valence-electron chi connectivity index (χ0n) is 18.8. The van der Waals surface area contributed by atoms with Gasteiger partial charge in [-0.25, -0.2) is 4.68 Å². The highest BCUT2D eigenvalue weighted by molar-refractivity contribution is 5.96. The van der Waals surface area contributed by atoms with Crippen LogP contribution in [0.15, 0.2) is 36.4 Å². The molecule has 0 saturated carbocycles.